The third kappa shape index (κ3) is 3.91. The maximum Gasteiger partial charge on any atom is 0.261 e. The van der Waals surface area contributed by atoms with Gasteiger partial charge in [0.05, 0.1) is 13.3 Å². The van der Waals surface area contributed by atoms with Gasteiger partial charge in [0, 0.05) is 0 Å². The van der Waals surface area contributed by atoms with Crippen LogP contribution in [0, 0.1) is 0 Å². The molecule has 1 aromatic carbocycles. The number of nitrogens with zero attached hydrogens (tertiary/aromatic N) is 4. The maximum absolute atomic E-state index is 11.5. The van der Waals surface area contributed by atoms with Crippen molar-refractivity contribution in [3.05, 3.63) is 42.5 Å². The number of benzene rings is 1. The summed E-state index contributed by atoms with van der Waals surface area (Å²) in [6.07, 6.45) is 4.39. The van der Waals surface area contributed by atoms with E-state index in [1.165, 1.54) is 17.3 Å². The van der Waals surface area contributed by atoms with Gasteiger partial charge in [-0.15, -0.1) is 0 Å². The quantitative estimate of drug-likeness (QED) is 0.624. The molecule has 0 spiro atoms. The Balaban J connectivity index is 1.83. The molecular weight excluding hydrogens is 246 g/mol. The fourth-order valence-electron chi connectivity index (χ4n) is 1.37. The molecular formula is C12H13N5O2. The highest BCUT2D eigenvalue weighted by atomic mass is 16.5. The van der Waals surface area contributed by atoms with Crippen LogP contribution in [0.3, 0.4) is 0 Å². The Hall–Kier alpha value is -2.70. The highest BCUT2D eigenvalue weighted by Gasteiger charge is 2.00. The summed E-state index contributed by atoms with van der Waals surface area (Å²) >= 11 is 0. The summed E-state index contributed by atoms with van der Waals surface area (Å²) in [5, 5.41) is 7.67. The molecule has 0 aliphatic rings. The van der Waals surface area contributed by atoms with Crippen LogP contribution in [-0.2, 0) is 11.3 Å². The lowest BCUT2D eigenvalue weighted by Crippen LogP contribution is -2.23. The van der Waals surface area contributed by atoms with Crippen LogP contribution < -0.4 is 10.2 Å². The number of ether oxygens (including phenoxy) is 1. The number of carbonyl (C=O) groups is 1. The number of nitrogens with one attached hydrogen (secondary N) is 1. The Labute approximate surface area is 109 Å². The van der Waals surface area contributed by atoms with Gasteiger partial charge in [-0.05, 0) is 29.8 Å². The van der Waals surface area contributed by atoms with Crippen molar-refractivity contribution in [2.45, 2.75) is 6.54 Å². The molecule has 1 aromatic heterocycles. The Bertz CT molecular complexity index is 548. The van der Waals surface area contributed by atoms with E-state index in [0.29, 0.717) is 0 Å². The molecule has 0 fully saturated rings. The first-order valence-corrected chi connectivity index (χ1v) is 5.56. The molecule has 1 amide bonds. The van der Waals surface area contributed by atoms with Crippen LogP contribution >= 0.6 is 0 Å². The van der Waals surface area contributed by atoms with Crippen molar-refractivity contribution in [1.82, 2.24) is 20.2 Å². The van der Waals surface area contributed by atoms with Gasteiger partial charge in [-0.25, -0.2) is 15.1 Å². The summed E-state index contributed by atoms with van der Waals surface area (Å²) in [6, 6.07) is 7.31. The van der Waals surface area contributed by atoms with Crippen LogP contribution in [0.4, 0.5) is 0 Å². The molecule has 0 radical (unpaired) electrons. The molecule has 98 valence electrons. The summed E-state index contributed by atoms with van der Waals surface area (Å²) in [5.41, 5.74) is 3.27. The van der Waals surface area contributed by atoms with Gasteiger partial charge in [-0.3, -0.25) is 4.79 Å². The first-order chi connectivity index (χ1) is 9.28. The molecule has 0 saturated carbocycles. The monoisotopic (exact) mass is 259 g/mol. The molecule has 1 N–H and O–H groups in total. The average Bonchev–Trinajstić information content (AvgIpc) is 2.92. The second kappa shape index (κ2) is 6.29. The van der Waals surface area contributed by atoms with Crippen molar-refractivity contribution >= 4 is 12.1 Å². The zero-order valence-electron chi connectivity index (χ0n) is 10.4. The van der Waals surface area contributed by atoms with Gasteiger partial charge in [0.1, 0.15) is 24.9 Å². The Kier molecular flexibility index (Phi) is 4.22. The van der Waals surface area contributed by atoms with Gasteiger partial charge in [-0.1, -0.05) is 0 Å². The van der Waals surface area contributed by atoms with Gasteiger partial charge < -0.3 is 4.74 Å². The van der Waals surface area contributed by atoms with Gasteiger partial charge >= 0.3 is 0 Å². The van der Waals surface area contributed by atoms with Crippen molar-refractivity contribution in [2.75, 3.05) is 7.11 Å². The van der Waals surface area contributed by atoms with Crippen LogP contribution in [0.15, 0.2) is 42.0 Å². The highest BCUT2D eigenvalue weighted by molar-refractivity contribution is 5.82. The lowest BCUT2D eigenvalue weighted by atomic mass is 10.2. The molecule has 0 aliphatic carbocycles. The minimum absolute atomic E-state index is 0.0833. The number of carbonyl (C=O) groups excluding carboxylic acids is 1. The predicted molar refractivity (Wildman–Crippen MR) is 68.8 cm³/mol. The van der Waals surface area contributed by atoms with Crippen LogP contribution in [0.2, 0.25) is 0 Å². The summed E-state index contributed by atoms with van der Waals surface area (Å²) in [6.45, 7) is 0.0833. The van der Waals surface area contributed by atoms with Crippen molar-refractivity contribution in [3.63, 3.8) is 0 Å². The number of hydrogen-bond acceptors (Lipinski definition) is 5. The summed E-state index contributed by atoms with van der Waals surface area (Å²) in [4.78, 5) is 15.2. The van der Waals surface area contributed by atoms with Gasteiger partial charge in [0.2, 0.25) is 0 Å². The smallest absolute Gasteiger partial charge is 0.261 e. The second-order valence-corrected chi connectivity index (χ2v) is 3.66. The fraction of sp³-hybridized carbons (Fsp3) is 0.167. The summed E-state index contributed by atoms with van der Waals surface area (Å²) in [7, 11) is 1.60. The molecule has 1 heterocycles. The van der Waals surface area contributed by atoms with Crippen molar-refractivity contribution in [1.29, 1.82) is 0 Å². The van der Waals surface area contributed by atoms with Crippen molar-refractivity contribution in [3.8, 4) is 5.75 Å². The van der Waals surface area contributed by atoms with E-state index >= 15 is 0 Å². The number of hydrogen-bond donors (Lipinski definition) is 1. The lowest BCUT2D eigenvalue weighted by Gasteiger charge is -2.00. The van der Waals surface area contributed by atoms with Crippen LogP contribution in [0.25, 0.3) is 0 Å². The summed E-state index contributed by atoms with van der Waals surface area (Å²) < 4.78 is 6.46. The van der Waals surface area contributed by atoms with Crippen LogP contribution in [0.1, 0.15) is 5.56 Å². The van der Waals surface area contributed by atoms with Crippen molar-refractivity contribution < 1.29 is 9.53 Å². The summed E-state index contributed by atoms with van der Waals surface area (Å²) in [5.74, 6) is 0.502. The van der Waals surface area contributed by atoms with E-state index in [1.807, 2.05) is 24.3 Å². The fourth-order valence-corrected chi connectivity index (χ4v) is 1.37. The Morgan fingerprint density at radius 1 is 1.47 bits per heavy atom. The average molecular weight is 259 g/mol. The molecule has 19 heavy (non-hydrogen) atoms. The van der Waals surface area contributed by atoms with E-state index < -0.39 is 0 Å². The molecule has 0 atom stereocenters. The minimum Gasteiger partial charge on any atom is -0.497 e. The van der Waals surface area contributed by atoms with E-state index in [-0.39, 0.29) is 12.5 Å². The Morgan fingerprint density at radius 2 is 2.26 bits per heavy atom. The number of methoxy groups -OCH3 is 1. The predicted octanol–water partition coefficient (Wildman–Crippen LogP) is 0.437. The Morgan fingerprint density at radius 3 is 2.89 bits per heavy atom. The van der Waals surface area contributed by atoms with Crippen LogP contribution in [-0.4, -0.2) is 34.0 Å². The molecule has 7 nitrogen and oxygen atoms in total. The molecule has 7 heteroatoms. The molecule has 0 aliphatic heterocycles. The van der Waals surface area contributed by atoms with E-state index in [9.17, 15) is 4.79 Å². The minimum atomic E-state index is -0.268. The standard InChI is InChI=1S/C12H13N5O2/c1-19-11-4-2-10(3-5-11)6-14-16-12(18)7-17-9-13-8-15-17/h2-6,8-9H,7H2,1H3,(H,16,18). The molecule has 2 rings (SSSR count). The number of rotatable bonds is 5. The van der Waals surface area contributed by atoms with Gasteiger partial charge in [0.15, 0.2) is 0 Å². The van der Waals surface area contributed by atoms with E-state index in [4.69, 9.17) is 4.74 Å². The third-order valence-electron chi connectivity index (χ3n) is 2.29. The SMILES string of the molecule is COc1ccc(C=NNC(=O)Cn2cncn2)cc1. The van der Waals surface area contributed by atoms with Crippen molar-refractivity contribution in [2.24, 2.45) is 5.10 Å². The highest BCUT2D eigenvalue weighted by Crippen LogP contribution is 2.09. The molecule has 0 unspecified atom stereocenters. The zero-order valence-corrected chi connectivity index (χ0v) is 10.4. The second-order valence-electron chi connectivity index (χ2n) is 3.66. The molecule has 2 aromatic rings. The number of aromatic nitrogens is 3. The largest absolute Gasteiger partial charge is 0.497 e. The zero-order chi connectivity index (χ0) is 13.5. The molecule has 0 bridgehead atoms. The first kappa shape index (κ1) is 12.7. The normalized spacial score (nSPS) is 10.6. The molecule has 0 saturated heterocycles. The lowest BCUT2D eigenvalue weighted by molar-refractivity contribution is -0.121. The van der Waals surface area contributed by atoms with E-state index in [0.717, 1.165) is 11.3 Å². The maximum atomic E-state index is 11.5. The third-order valence-corrected chi connectivity index (χ3v) is 2.29. The topological polar surface area (TPSA) is 81.4 Å². The van der Waals surface area contributed by atoms with E-state index in [1.54, 1.807) is 13.3 Å². The number of amides is 1. The first-order valence-electron chi connectivity index (χ1n) is 5.56. The number of hydrazone groups is 1. The van der Waals surface area contributed by atoms with Crippen LogP contribution in [0.5, 0.6) is 5.75 Å². The van der Waals surface area contributed by atoms with Gasteiger partial charge in [-0.2, -0.15) is 10.2 Å². The van der Waals surface area contributed by atoms with Gasteiger partial charge in [0.25, 0.3) is 5.91 Å². The van der Waals surface area contributed by atoms with E-state index in [2.05, 4.69) is 20.6 Å².